The normalized spacial score (nSPS) is 12.2. The quantitative estimate of drug-likeness (QED) is 0.487. The Labute approximate surface area is 41.4 Å². The molecule has 0 aromatic heterocycles. The molecule has 0 saturated heterocycles. The summed E-state index contributed by atoms with van der Waals surface area (Å²) in [6.45, 7) is 4.56. The van der Waals surface area contributed by atoms with Gasteiger partial charge in [0.2, 0.25) is 0 Å². The van der Waals surface area contributed by atoms with Crippen molar-refractivity contribution in [2.75, 3.05) is 20.1 Å². The fourth-order valence-corrected chi connectivity index (χ4v) is 0.158. The molecule has 0 amide bonds. The Balaban J connectivity index is 2.83. The van der Waals surface area contributed by atoms with Crippen LogP contribution in [-0.2, 0) is 0 Å². The Morgan fingerprint density at radius 3 is 2.50 bits per heavy atom. The van der Waals surface area contributed by atoms with E-state index in [0.717, 1.165) is 13.1 Å². The van der Waals surface area contributed by atoms with Crippen molar-refractivity contribution in [1.82, 2.24) is 4.90 Å². The van der Waals surface area contributed by atoms with Gasteiger partial charge in [-0.2, -0.15) is 0 Å². The van der Waals surface area contributed by atoms with Crippen molar-refractivity contribution in [2.45, 2.75) is 13.8 Å². The molecule has 6 heavy (non-hydrogen) atoms. The van der Waals surface area contributed by atoms with E-state index in [2.05, 4.69) is 11.8 Å². The molecule has 0 aromatic carbocycles. The van der Waals surface area contributed by atoms with Crippen LogP contribution < -0.4 is 0 Å². The Kier molecular flexibility index (Phi) is 2.18. The number of rotatable bonds is 2. The van der Waals surface area contributed by atoms with Crippen molar-refractivity contribution < 1.29 is 1.37 Å². The van der Waals surface area contributed by atoms with E-state index in [0.29, 0.717) is 6.90 Å². The van der Waals surface area contributed by atoms with Gasteiger partial charge in [-0.3, -0.25) is 0 Å². The van der Waals surface area contributed by atoms with Crippen LogP contribution in [0.3, 0.4) is 0 Å². The van der Waals surface area contributed by atoms with Crippen molar-refractivity contribution in [3.05, 3.63) is 0 Å². The third-order valence-corrected chi connectivity index (χ3v) is 0.922. The van der Waals surface area contributed by atoms with Crippen LogP contribution in [0.2, 0.25) is 0 Å². The minimum Gasteiger partial charge on any atom is -0.307 e. The van der Waals surface area contributed by atoms with Crippen molar-refractivity contribution in [2.24, 2.45) is 0 Å². The van der Waals surface area contributed by atoms with E-state index in [4.69, 9.17) is 1.37 Å². The minimum absolute atomic E-state index is 0.518. The van der Waals surface area contributed by atoms with Gasteiger partial charge in [-0.1, -0.05) is 13.8 Å². The highest BCUT2D eigenvalue weighted by atomic mass is 15.1. The van der Waals surface area contributed by atoms with Gasteiger partial charge < -0.3 is 4.90 Å². The summed E-state index contributed by atoms with van der Waals surface area (Å²) in [7, 11) is 2.02. The van der Waals surface area contributed by atoms with Crippen LogP contribution in [0.4, 0.5) is 0 Å². The van der Waals surface area contributed by atoms with Gasteiger partial charge in [0.05, 0.1) is 0 Å². The maximum Gasteiger partial charge on any atom is 0.0243 e. The van der Waals surface area contributed by atoms with Crippen LogP contribution >= 0.6 is 0 Å². The zero-order valence-corrected chi connectivity index (χ0v) is 4.57. The summed E-state index contributed by atoms with van der Waals surface area (Å²) in [6.07, 6.45) is 0. The summed E-state index contributed by atoms with van der Waals surface area (Å²) in [5.41, 5.74) is 0. The van der Waals surface area contributed by atoms with Gasteiger partial charge in [0, 0.05) is 1.37 Å². The minimum atomic E-state index is 0.518. The maximum absolute atomic E-state index is 6.79. The molecule has 0 aliphatic rings. The summed E-state index contributed by atoms with van der Waals surface area (Å²) in [6, 6.07) is 0. The van der Waals surface area contributed by atoms with Crippen LogP contribution in [-0.4, -0.2) is 25.0 Å². The first-order chi connectivity index (χ1) is 3.31. The molecule has 38 valence electrons. The average molecular weight is 89.2 g/mol. The molecule has 0 rings (SSSR count). The smallest absolute Gasteiger partial charge is 0.0243 e. The molecule has 0 aromatic rings. The highest BCUT2D eigenvalue weighted by Gasteiger charge is 1.81. The SMILES string of the molecule is [3H]CCN(C)CC. The van der Waals surface area contributed by atoms with E-state index >= 15 is 0 Å². The molecule has 0 saturated carbocycles. The monoisotopic (exact) mass is 89.1 g/mol. The van der Waals surface area contributed by atoms with E-state index in [1.807, 2.05) is 7.05 Å². The molecule has 0 spiro atoms. The standard InChI is InChI=1S/C5H13N/c1-4-6(3)5-2/h4-5H2,1-3H3/i1T. The molecule has 1 heteroatoms. The van der Waals surface area contributed by atoms with Crippen molar-refractivity contribution in [3.8, 4) is 0 Å². The first kappa shape index (κ1) is 4.13. The number of hydrogen-bond acceptors (Lipinski definition) is 1. The van der Waals surface area contributed by atoms with Crippen LogP contribution in [0.5, 0.6) is 0 Å². The molecular formula is C5H13N. The highest BCUT2D eigenvalue weighted by molar-refractivity contribution is 4.36. The van der Waals surface area contributed by atoms with Gasteiger partial charge >= 0.3 is 0 Å². The van der Waals surface area contributed by atoms with Crippen LogP contribution in [0.15, 0.2) is 0 Å². The molecular weight excluding hydrogens is 74.1 g/mol. The second-order valence-corrected chi connectivity index (χ2v) is 1.40. The van der Waals surface area contributed by atoms with E-state index in [1.165, 1.54) is 0 Å². The molecule has 0 bridgehead atoms. The summed E-state index contributed by atoms with van der Waals surface area (Å²) >= 11 is 0. The molecule has 0 radical (unpaired) electrons. The first-order valence-corrected chi connectivity index (χ1v) is 2.29. The summed E-state index contributed by atoms with van der Waals surface area (Å²) in [5.74, 6) is 0. The van der Waals surface area contributed by atoms with Crippen LogP contribution in [0, 0.1) is 0 Å². The second-order valence-electron chi connectivity index (χ2n) is 1.40. The Bertz CT molecular complexity index is 39.1. The third kappa shape index (κ3) is 2.21. The van der Waals surface area contributed by atoms with E-state index in [1.54, 1.807) is 0 Å². The maximum atomic E-state index is 6.79. The molecule has 0 atom stereocenters. The Morgan fingerprint density at radius 1 is 1.67 bits per heavy atom. The summed E-state index contributed by atoms with van der Waals surface area (Å²) in [4.78, 5) is 2.12. The zero-order valence-electron chi connectivity index (χ0n) is 5.57. The van der Waals surface area contributed by atoms with E-state index in [9.17, 15) is 0 Å². The second kappa shape index (κ2) is 3.16. The molecule has 0 heterocycles. The third-order valence-electron chi connectivity index (χ3n) is 0.922. The van der Waals surface area contributed by atoms with Crippen molar-refractivity contribution >= 4 is 0 Å². The molecule has 1 nitrogen and oxygen atoms in total. The lowest BCUT2D eigenvalue weighted by Gasteiger charge is -2.07. The number of nitrogens with zero attached hydrogens (tertiary/aromatic N) is 1. The van der Waals surface area contributed by atoms with Crippen LogP contribution in [0.1, 0.15) is 15.2 Å². The fraction of sp³-hybridized carbons (Fsp3) is 1.00. The molecule has 0 unspecified atom stereocenters. The topological polar surface area (TPSA) is 3.24 Å². The van der Waals surface area contributed by atoms with Gasteiger partial charge in [-0.25, -0.2) is 0 Å². The van der Waals surface area contributed by atoms with Gasteiger partial charge in [0.15, 0.2) is 0 Å². The lowest BCUT2D eigenvalue weighted by Crippen LogP contribution is -2.15. The summed E-state index contributed by atoms with van der Waals surface area (Å²) < 4.78 is 6.79. The predicted molar refractivity (Wildman–Crippen MR) is 28.8 cm³/mol. The van der Waals surface area contributed by atoms with Crippen molar-refractivity contribution in [3.63, 3.8) is 0 Å². The van der Waals surface area contributed by atoms with Crippen LogP contribution in [0.25, 0.3) is 0 Å². The largest absolute Gasteiger partial charge is 0.307 e. The molecule has 0 aliphatic heterocycles. The molecule has 0 N–H and O–H groups in total. The van der Waals surface area contributed by atoms with Gasteiger partial charge in [-0.05, 0) is 20.1 Å². The predicted octanol–water partition coefficient (Wildman–Crippen LogP) is 0.958. The van der Waals surface area contributed by atoms with E-state index < -0.39 is 0 Å². The van der Waals surface area contributed by atoms with Gasteiger partial charge in [-0.15, -0.1) is 0 Å². The number of hydrogen-bond donors (Lipinski definition) is 0. The average Bonchev–Trinajstić information content (AvgIpc) is 1.68. The summed E-state index contributed by atoms with van der Waals surface area (Å²) in [5, 5.41) is 0. The first-order valence-electron chi connectivity index (χ1n) is 2.99. The highest BCUT2D eigenvalue weighted by Crippen LogP contribution is 1.73. The Hall–Kier alpha value is -0.0400. The lowest BCUT2D eigenvalue weighted by molar-refractivity contribution is 0.373. The Morgan fingerprint density at radius 2 is 2.33 bits per heavy atom. The molecule has 0 aliphatic carbocycles. The fourth-order valence-electron chi connectivity index (χ4n) is 0.158. The molecule has 0 fully saturated rings. The van der Waals surface area contributed by atoms with Crippen molar-refractivity contribution in [1.29, 1.82) is 0 Å². The zero-order chi connectivity index (χ0) is 5.70. The van der Waals surface area contributed by atoms with E-state index in [-0.39, 0.29) is 0 Å². The lowest BCUT2D eigenvalue weighted by atomic mass is 10.6. The van der Waals surface area contributed by atoms with Gasteiger partial charge in [0.25, 0.3) is 0 Å². The van der Waals surface area contributed by atoms with Gasteiger partial charge in [0.1, 0.15) is 0 Å².